The number of hydrogen-bond acceptors (Lipinski definition) is 7. The van der Waals surface area contributed by atoms with Crippen molar-refractivity contribution in [3.05, 3.63) is 58.3 Å². The molecule has 28 heavy (non-hydrogen) atoms. The zero-order valence-electron chi connectivity index (χ0n) is 15.3. The minimum atomic E-state index is -0.456. The van der Waals surface area contributed by atoms with Crippen LogP contribution in [0.3, 0.4) is 0 Å². The summed E-state index contributed by atoms with van der Waals surface area (Å²) in [6, 6.07) is 9.59. The number of benzene rings is 1. The van der Waals surface area contributed by atoms with Gasteiger partial charge in [0.2, 0.25) is 11.7 Å². The van der Waals surface area contributed by atoms with Crippen LogP contribution in [0, 0.1) is 0 Å². The largest absolute Gasteiger partial charge is 0.457 e. The third-order valence-corrected chi connectivity index (χ3v) is 5.65. The Morgan fingerprint density at radius 3 is 2.82 bits per heavy atom. The van der Waals surface area contributed by atoms with E-state index in [-0.39, 0.29) is 25.2 Å². The number of ketones is 1. The molecule has 2 aromatic heterocycles. The van der Waals surface area contributed by atoms with Crippen LogP contribution in [-0.2, 0) is 28.8 Å². The molecule has 0 atom stereocenters. The van der Waals surface area contributed by atoms with E-state index >= 15 is 0 Å². The molecule has 0 fully saturated rings. The molecule has 0 bridgehead atoms. The molecule has 0 amide bonds. The van der Waals surface area contributed by atoms with Crippen molar-refractivity contribution in [1.82, 2.24) is 10.1 Å². The van der Waals surface area contributed by atoms with E-state index in [9.17, 15) is 9.59 Å². The molecule has 1 aliphatic rings. The highest BCUT2D eigenvalue weighted by molar-refractivity contribution is 7.13. The van der Waals surface area contributed by atoms with Gasteiger partial charge < -0.3 is 9.26 Å². The highest BCUT2D eigenvalue weighted by atomic mass is 32.1. The lowest BCUT2D eigenvalue weighted by Crippen LogP contribution is -2.15. The first kappa shape index (κ1) is 18.6. The van der Waals surface area contributed by atoms with Crippen molar-refractivity contribution in [1.29, 1.82) is 0 Å². The minimum Gasteiger partial charge on any atom is -0.457 e. The summed E-state index contributed by atoms with van der Waals surface area (Å²) in [5, 5.41) is 5.84. The molecule has 0 radical (unpaired) electrons. The van der Waals surface area contributed by atoms with Crippen LogP contribution >= 0.6 is 11.3 Å². The smallest absolute Gasteiger partial charge is 0.306 e. The Kier molecular flexibility index (Phi) is 5.62. The summed E-state index contributed by atoms with van der Waals surface area (Å²) in [6.45, 7) is -0.248. The van der Waals surface area contributed by atoms with E-state index in [1.165, 1.54) is 28.9 Å². The highest BCUT2D eigenvalue weighted by Crippen LogP contribution is 2.23. The van der Waals surface area contributed by atoms with Crippen LogP contribution in [0.4, 0.5) is 0 Å². The number of nitrogens with zero attached hydrogens (tertiary/aromatic N) is 2. The van der Waals surface area contributed by atoms with Crippen molar-refractivity contribution in [3.8, 4) is 10.7 Å². The van der Waals surface area contributed by atoms with Crippen molar-refractivity contribution in [3.63, 3.8) is 0 Å². The molecule has 0 unspecified atom stereocenters. The zero-order valence-corrected chi connectivity index (χ0v) is 16.2. The molecule has 6 nitrogen and oxygen atoms in total. The van der Waals surface area contributed by atoms with Gasteiger partial charge in [-0.05, 0) is 54.3 Å². The maximum absolute atomic E-state index is 12.3. The molecule has 3 aromatic rings. The Labute approximate surface area is 166 Å². The Balaban J connectivity index is 1.26. The van der Waals surface area contributed by atoms with E-state index in [4.69, 9.17) is 9.26 Å². The summed E-state index contributed by atoms with van der Waals surface area (Å²) in [5.41, 5.74) is 3.16. The van der Waals surface area contributed by atoms with Crippen LogP contribution in [0.25, 0.3) is 10.7 Å². The first-order valence-corrected chi connectivity index (χ1v) is 10.2. The molecule has 0 spiro atoms. The lowest BCUT2D eigenvalue weighted by molar-refractivity contribution is -0.142. The second-order valence-electron chi connectivity index (χ2n) is 6.76. The summed E-state index contributed by atoms with van der Waals surface area (Å²) < 4.78 is 10.3. The fraction of sp³-hybridized carbons (Fsp3) is 0.333. The van der Waals surface area contributed by atoms with Gasteiger partial charge in [-0.1, -0.05) is 23.4 Å². The number of aryl methyl sites for hydroxylation is 3. The van der Waals surface area contributed by atoms with Gasteiger partial charge >= 0.3 is 5.97 Å². The van der Waals surface area contributed by atoms with Gasteiger partial charge in [0.15, 0.2) is 12.4 Å². The van der Waals surface area contributed by atoms with E-state index in [1.54, 1.807) is 0 Å². The van der Waals surface area contributed by atoms with E-state index in [0.29, 0.717) is 17.3 Å². The standard InChI is InChI=1S/C21H20N2O4S/c24-17(16-8-7-14-4-1-2-5-15(14)12-16)13-26-20(25)10-9-19-22-21(23-27-19)18-6-3-11-28-18/h3,6-8,11-12H,1-2,4-5,9-10,13H2. The molecule has 1 aliphatic carbocycles. The molecule has 0 N–H and O–H groups in total. The first-order valence-electron chi connectivity index (χ1n) is 9.36. The Morgan fingerprint density at radius 1 is 1.14 bits per heavy atom. The van der Waals surface area contributed by atoms with E-state index in [1.807, 2.05) is 35.7 Å². The van der Waals surface area contributed by atoms with Gasteiger partial charge in [-0.25, -0.2) is 0 Å². The molecule has 0 saturated heterocycles. The van der Waals surface area contributed by atoms with Gasteiger partial charge in [0.25, 0.3) is 0 Å². The van der Waals surface area contributed by atoms with E-state index in [0.717, 1.165) is 24.1 Å². The Bertz CT molecular complexity index is 978. The second kappa shape index (κ2) is 8.48. The van der Waals surface area contributed by atoms with E-state index < -0.39 is 5.97 Å². The summed E-state index contributed by atoms with van der Waals surface area (Å²) >= 11 is 1.52. The molecule has 144 valence electrons. The van der Waals surface area contributed by atoms with Gasteiger partial charge in [-0.15, -0.1) is 11.3 Å². The lowest BCUT2D eigenvalue weighted by Gasteiger charge is -2.16. The van der Waals surface area contributed by atoms with Gasteiger partial charge in [-0.2, -0.15) is 4.98 Å². The predicted molar refractivity (Wildman–Crippen MR) is 104 cm³/mol. The third-order valence-electron chi connectivity index (χ3n) is 4.79. The van der Waals surface area contributed by atoms with Gasteiger partial charge in [0.05, 0.1) is 11.3 Å². The number of hydrogen-bond donors (Lipinski definition) is 0. The second-order valence-corrected chi connectivity index (χ2v) is 7.71. The Morgan fingerprint density at radius 2 is 2.00 bits per heavy atom. The van der Waals surface area contributed by atoms with Crippen molar-refractivity contribution in [2.24, 2.45) is 0 Å². The molecular formula is C21H20N2O4S. The molecule has 0 saturated carbocycles. The average molecular weight is 396 g/mol. The molecular weight excluding hydrogens is 376 g/mol. The molecule has 0 aliphatic heterocycles. The van der Waals surface area contributed by atoms with Gasteiger partial charge in [-0.3, -0.25) is 9.59 Å². The number of fused-ring (bicyclic) bond motifs is 1. The summed E-state index contributed by atoms with van der Waals surface area (Å²) in [6.07, 6.45) is 4.81. The number of thiophene rings is 1. The van der Waals surface area contributed by atoms with Crippen LogP contribution in [0.2, 0.25) is 0 Å². The molecule has 4 rings (SSSR count). The average Bonchev–Trinajstić information content (AvgIpc) is 3.41. The number of carbonyl (C=O) groups is 2. The Hall–Kier alpha value is -2.80. The maximum Gasteiger partial charge on any atom is 0.306 e. The van der Waals surface area contributed by atoms with Crippen LogP contribution in [0.1, 0.15) is 46.6 Å². The topological polar surface area (TPSA) is 82.3 Å². The fourth-order valence-electron chi connectivity index (χ4n) is 3.28. The highest BCUT2D eigenvalue weighted by Gasteiger charge is 2.16. The normalized spacial score (nSPS) is 13.1. The molecule has 7 heteroatoms. The molecule has 1 aromatic carbocycles. The molecule has 2 heterocycles. The number of rotatable bonds is 7. The van der Waals surface area contributed by atoms with Crippen LogP contribution < -0.4 is 0 Å². The lowest BCUT2D eigenvalue weighted by atomic mass is 9.90. The van der Waals surface area contributed by atoms with Crippen molar-refractivity contribution < 1.29 is 18.8 Å². The van der Waals surface area contributed by atoms with E-state index in [2.05, 4.69) is 10.1 Å². The monoisotopic (exact) mass is 396 g/mol. The fourth-order valence-corrected chi connectivity index (χ4v) is 3.93. The van der Waals surface area contributed by atoms with Crippen molar-refractivity contribution in [2.45, 2.75) is 38.5 Å². The third kappa shape index (κ3) is 4.36. The predicted octanol–water partition coefficient (Wildman–Crippen LogP) is 4.04. The van der Waals surface area contributed by atoms with Crippen LogP contribution in [0.15, 0.2) is 40.2 Å². The van der Waals surface area contributed by atoms with Crippen LogP contribution in [0.5, 0.6) is 0 Å². The minimum absolute atomic E-state index is 0.0868. The number of esters is 1. The summed E-state index contributed by atoms with van der Waals surface area (Å²) in [7, 11) is 0. The summed E-state index contributed by atoms with van der Waals surface area (Å²) in [4.78, 5) is 29.5. The number of Topliss-reactive ketones (excluding diaryl/α,β-unsaturated/α-hetero) is 1. The summed E-state index contributed by atoms with van der Waals surface area (Å²) in [5.74, 6) is 0.254. The number of carbonyl (C=O) groups excluding carboxylic acids is 2. The SMILES string of the molecule is O=C(CCc1nc(-c2cccs2)no1)OCC(=O)c1ccc2c(c1)CCCC2. The quantitative estimate of drug-likeness (QED) is 0.443. The van der Waals surface area contributed by atoms with Crippen molar-refractivity contribution >= 4 is 23.1 Å². The zero-order chi connectivity index (χ0) is 19.3. The number of aromatic nitrogens is 2. The maximum atomic E-state index is 12.3. The van der Waals surface area contributed by atoms with Crippen molar-refractivity contribution in [2.75, 3.05) is 6.61 Å². The van der Waals surface area contributed by atoms with Gasteiger partial charge in [0, 0.05) is 12.0 Å². The van der Waals surface area contributed by atoms with Gasteiger partial charge in [0.1, 0.15) is 0 Å². The first-order chi connectivity index (χ1) is 13.7. The van der Waals surface area contributed by atoms with Crippen LogP contribution in [-0.4, -0.2) is 28.5 Å². The number of ether oxygens (including phenoxy) is 1.